The highest BCUT2D eigenvalue weighted by Crippen LogP contribution is 2.24. The van der Waals surface area contributed by atoms with Crippen molar-refractivity contribution in [3.63, 3.8) is 0 Å². The molecule has 0 saturated carbocycles. The number of carbonyl (C=O) groups excluding carboxylic acids is 1. The van der Waals surface area contributed by atoms with E-state index >= 15 is 0 Å². The maximum Gasteiger partial charge on any atom is 0.331 e. The number of carboxylic acid groups (broad SMARTS) is 1. The summed E-state index contributed by atoms with van der Waals surface area (Å²) in [6.45, 7) is 5.04. The number of rotatable bonds is 7. The number of hydrogen-bond donors (Lipinski definition) is 2. The maximum atomic E-state index is 12.2. The van der Waals surface area contributed by atoms with Crippen molar-refractivity contribution in [3.8, 4) is 5.75 Å². The summed E-state index contributed by atoms with van der Waals surface area (Å²) in [5, 5.41) is 16.0. The zero-order chi connectivity index (χ0) is 18.6. The number of nitrogens with one attached hydrogen (secondary N) is 1. The molecule has 1 aromatic heterocycles. The first kappa shape index (κ1) is 18.5. The molecule has 7 heteroatoms. The number of carbonyl (C=O) groups is 2. The van der Waals surface area contributed by atoms with Crippen LogP contribution in [0.4, 0.5) is 5.69 Å². The molecule has 2 rings (SSSR count). The van der Waals surface area contributed by atoms with Crippen LogP contribution in [0.2, 0.25) is 0 Å². The Kier molecular flexibility index (Phi) is 5.46. The van der Waals surface area contributed by atoms with E-state index in [0.29, 0.717) is 12.1 Å². The molecule has 0 aliphatic rings. The van der Waals surface area contributed by atoms with Crippen LogP contribution in [-0.2, 0) is 15.1 Å². The van der Waals surface area contributed by atoms with E-state index in [1.807, 2.05) is 31.2 Å². The fraction of sp³-hybridized carbons (Fsp3) is 0.389. The standard InChI is InChI=1S/C18H23N3O4/c1-12(13-6-5-7-15(9-13)25-4)8-16(22)20-14-10-19-21(11-14)18(2,3)17(23)24/h5-7,9-12H,8H2,1-4H3,(H,20,22)(H,23,24). The molecule has 134 valence electrons. The Labute approximate surface area is 146 Å². The van der Waals surface area contributed by atoms with Gasteiger partial charge in [0, 0.05) is 12.6 Å². The summed E-state index contributed by atoms with van der Waals surface area (Å²) in [4.78, 5) is 23.5. The zero-order valence-electron chi connectivity index (χ0n) is 14.8. The predicted octanol–water partition coefficient (Wildman–Crippen LogP) is 2.84. The molecule has 0 saturated heterocycles. The van der Waals surface area contributed by atoms with Gasteiger partial charge in [-0.15, -0.1) is 0 Å². The predicted molar refractivity (Wildman–Crippen MR) is 93.8 cm³/mol. The number of anilines is 1. The Balaban J connectivity index is 2.00. The summed E-state index contributed by atoms with van der Waals surface area (Å²) < 4.78 is 6.52. The van der Waals surface area contributed by atoms with Gasteiger partial charge < -0.3 is 15.2 Å². The van der Waals surface area contributed by atoms with Gasteiger partial charge in [0.05, 0.1) is 19.0 Å². The summed E-state index contributed by atoms with van der Waals surface area (Å²) >= 11 is 0. The maximum absolute atomic E-state index is 12.2. The molecule has 25 heavy (non-hydrogen) atoms. The van der Waals surface area contributed by atoms with E-state index in [2.05, 4.69) is 10.4 Å². The van der Waals surface area contributed by atoms with Crippen molar-refractivity contribution >= 4 is 17.6 Å². The van der Waals surface area contributed by atoms with Crippen molar-refractivity contribution in [1.29, 1.82) is 0 Å². The molecule has 2 aromatic rings. The van der Waals surface area contributed by atoms with E-state index in [4.69, 9.17) is 4.74 Å². The van der Waals surface area contributed by atoms with E-state index in [0.717, 1.165) is 11.3 Å². The lowest BCUT2D eigenvalue weighted by Gasteiger charge is -2.19. The molecular weight excluding hydrogens is 322 g/mol. The second-order valence-electron chi connectivity index (χ2n) is 6.47. The van der Waals surface area contributed by atoms with Crippen LogP contribution < -0.4 is 10.1 Å². The van der Waals surface area contributed by atoms with Crippen molar-refractivity contribution in [2.45, 2.75) is 38.6 Å². The number of nitrogens with zero attached hydrogens (tertiary/aromatic N) is 2. The summed E-state index contributed by atoms with van der Waals surface area (Å²) in [6.07, 6.45) is 3.25. The van der Waals surface area contributed by atoms with Crippen molar-refractivity contribution in [2.75, 3.05) is 12.4 Å². The normalized spacial score (nSPS) is 12.5. The minimum absolute atomic E-state index is 0.0144. The van der Waals surface area contributed by atoms with Gasteiger partial charge in [0.2, 0.25) is 5.91 Å². The molecule has 0 radical (unpaired) electrons. The van der Waals surface area contributed by atoms with Gasteiger partial charge in [-0.3, -0.25) is 9.48 Å². The first-order valence-corrected chi connectivity index (χ1v) is 7.96. The largest absolute Gasteiger partial charge is 0.497 e. The van der Waals surface area contributed by atoms with Crippen molar-refractivity contribution in [3.05, 3.63) is 42.2 Å². The Morgan fingerprint density at radius 1 is 1.40 bits per heavy atom. The van der Waals surface area contributed by atoms with Gasteiger partial charge in [0.15, 0.2) is 5.54 Å². The Hall–Kier alpha value is -2.83. The topological polar surface area (TPSA) is 93.5 Å². The first-order chi connectivity index (χ1) is 11.7. The molecule has 0 aliphatic carbocycles. The lowest BCUT2D eigenvalue weighted by molar-refractivity contribution is -0.146. The summed E-state index contributed by atoms with van der Waals surface area (Å²) in [5.74, 6) is -0.398. The third kappa shape index (κ3) is 4.37. The SMILES string of the molecule is COc1cccc(C(C)CC(=O)Nc2cnn(C(C)(C)C(=O)O)c2)c1. The minimum Gasteiger partial charge on any atom is -0.497 e. The summed E-state index contributed by atoms with van der Waals surface area (Å²) in [6, 6.07) is 7.61. The van der Waals surface area contributed by atoms with Gasteiger partial charge in [-0.25, -0.2) is 4.79 Å². The van der Waals surface area contributed by atoms with Crippen LogP contribution in [0.15, 0.2) is 36.7 Å². The number of benzene rings is 1. The molecule has 1 atom stereocenters. The van der Waals surface area contributed by atoms with Crippen LogP contribution in [-0.4, -0.2) is 33.9 Å². The number of amides is 1. The monoisotopic (exact) mass is 345 g/mol. The van der Waals surface area contributed by atoms with Gasteiger partial charge in [-0.1, -0.05) is 19.1 Å². The van der Waals surface area contributed by atoms with E-state index in [-0.39, 0.29) is 11.8 Å². The average Bonchev–Trinajstić information content (AvgIpc) is 3.03. The van der Waals surface area contributed by atoms with Crippen LogP contribution >= 0.6 is 0 Å². The van der Waals surface area contributed by atoms with E-state index in [1.54, 1.807) is 21.0 Å². The van der Waals surface area contributed by atoms with E-state index in [9.17, 15) is 14.7 Å². The molecule has 7 nitrogen and oxygen atoms in total. The highest BCUT2D eigenvalue weighted by molar-refractivity contribution is 5.91. The molecule has 1 amide bonds. The Morgan fingerprint density at radius 3 is 2.76 bits per heavy atom. The summed E-state index contributed by atoms with van der Waals surface area (Å²) in [5.41, 5.74) is 0.297. The average molecular weight is 345 g/mol. The number of ether oxygens (including phenoxy) is 1. The van der Waals surface area contributed by atoms with Gasteiger partial charge in [-0.05, 0) is 37.5 Å². The van der Waals surface area contributed by atoms with Crippen LogP contribution in [0.1, 0.15) is 38.7 Å². The molecule has 0 aliphatic heterocycles. The third-order valence-electron chi connectivity index (χ3n) is 4.12. The molecule has 0 bridgehead atoms. The molecule has 1 heterocycles. The number of hydrogen-bond acceptors (Lipinski definition) is 4. The Bertz CT molecular complexity index is 767. The first-order valence-electron chi connectivity index (χ1n) is 7.96. The molecule has 1 aromatic carbocycles. The van der Waals surface area contributed by atoms with Gasteiger partial charge in [-0.2, -0.15) is 5.10 Å². The highest BCUT2D eigenvalue weighted by atomic mass is 16.5. The minimum atomic E-state index is -1.18. The lowest BCUT2D eigenvalue weighted by Crippen LogP contribution is -2.35. The second-order valence-corrected chi connectivity index (χ2v) is 6.47. The van der Waals surface area contributed by atoms with Gasteiger partial charge >= 0.3 is 5.97 Å². The highest BCUT2D eigenvalue weighted by Gasteiger charge is 2.30. The van der Waals surface area contributed by atoms with E-state index < -0.39 is 11.5 Å². The van der Waals surface area contributed by atoms with Crippen molar-refractivity contribution in [1.82, 2.24) is 9.78 Å². The van der Waals surface area contributed by atoms with E-state index in [1.165, 1.54) is 17.1 Å². The number of aliphatic carboxylic acids is 1. The molecule has 0 spiro atoms. The van der Waals surface area contributed by atoms with Crippen molar-refractivity contribution < 1.29 is 19.4 Å². The van der Waals surface area contributed by atoms with Crippen LogP contribution in [0.3, 0.4) is 0 Å². The van der Waals surface area contributed by atoms with Gasteiger partial charge in [0.1, 0.15) is 5.75 Å². The quantitative estimate of drug-likeness (QED) is 0.805. The molecular formula is C18H23N3O4. The van der Waals surface area contributed by atoms with Gasteiger partial charge in [0.25, 0.3) is 0 Å². The number of carboxylic acids is 1. The number of aromatic nitrogens is 2. The fourth-order valence-electron chi connectivity index (χ4n) is 2.35. The molecule has 1 unspecified atom stereocenters. The third-order valence-corrected chi connectivity index (χ3v) is 4.12. The smallest absolute Gasteiger partial charge is 0.331 e. The molecule has 2 N–H and O–H groups in total. The zero-order valence-corrected chi connectivity index (χ0v) is 14.8. The number of methoxy groups -OCH3 is 1. The van der Waals surface area contributed by atoms with Crippen LogP contribution in [0.25, 0.3) is 0 Å². The Morgan fingerprint density at radius 2 is 2.12 bits per heavy atom. The lowest BCUT2D eigenvalue weighted by atomic mass is 9.97. The fourth-order valence-corrected chi connectivity index (χ4v) is 2.35. The second kappa shape index (κ2) is 7.38. The summed E-state index contributed by atoms with van der Waals surface area (Å²) in [7, 11) is 1.60. The van der Waals surface area contributed by atoms with Crippen LogP contribution in [0, 0.1) is 0 Å². The van der Waals surface area contributed by atoms with Crippen molar-refractivity contribution in [2.24, 2.45) is 0 Å². The molecule has 0 fully saturated rings. The van der Waals surface area contributed by atoms with Crippen LogP contribution in [0.5, 0.6) is 5.75 Å².